The molecule has 4 atom stereocenters. The van der Waals surface area contributed by atoms with Gasteiger partial charge in [0.25, 0.3) is 0 Å². The maximum absolute atomic E-state index is 10.5. The van der Waals surface area contributed by atoms with Crippen molar-refractivity contribution in [3.63, 3.8) is 0 Å². The summed E-state index contributed by atoms with van der Waals surface area (Å²) in [5.74, 6) is 1.39. The van der Waals surface area contributed by atoms with E-state index in [2.05, 4.69) is 5.32 Å². The highest BCUT2D eigenvalue weighted by Gasteiger charge is 2.51. The van der Waals surface area contributed by atoms with E-state index in [9.17, 15) is 5.11 Å². The standard InChI is InChI=1S/C11H19NO/c13-11-4-3-8(7-11)6-10-9(11)2-1-5-12-10/h8-10,12-13H,1-7H2/t8-,9+,10+,11+/m0/s1. The fourth-order valence-electron chi connectivity index (χ4n) is 3.90. The molecule has 2 aliphatic carbocycles. The zero-order chi connectivity index (χ0) is 8.89. The van der Waals surface area contributed by atoms with Crippen molar-refractivity contribution in [2.75, 3.05) is 6.54 Å². The third kappa shape index (κ3) is 1.15. The Balaban J connectivity index is 1.87. The molecule has 1 saturated heterocycles. The summed E-state index contributed by atoms with van der Waals surface area (Å²) in [6.45, 7) is 1.17. The number of aliphatic hydroxyl groups is 1. The summed E-state index contributed by atoms with van der Waals surface area (Å²) in [6.07, 6.45) is 7.27. The van der Waals surface area contributed by atoms with Gasteiger partial charge >= 0.3 is 0 Å². The van der Waals surface area contributed by atoms with Crippen LogP contribution in [-0.2, 0) is 0 Å². The fourth-order valence-corrected chi connectivity index (χ4v) is 3.90. The first-order valence-electron chi connectivity index (χ1n) is 5.74. The Labute approximate surface area is 79.7 Å². The van der Waals surface area contributed by atoms with Gasteiger partial charge in [-0.25, -0.2) is 0 Å². The number of hydrogen-bond acceptors (Lipinski definition) is 2. The monoisotopic (exact) mass is 181 g/mol. The zero-order valence-corrected chi connectivity index (χ0v) is 8.13. The Bertz CT molecular complexity index is 218. The average Bonchev–Trinajstić information content (AvgIpc) is 2.44. The molecule has 1 aliphatic heterocycles. The lowest BCUT2D eigenvalue weighted by molar-refractivity contribution is -0.0606. The van der Waals surface area contributed by atoms with Crippen molar-refractivity contribution >= 4 is 0 Å². The summed E-state index contributed by atoms with van der Waals surface area (Å²) in [5.41, 5.74) is -0.277. The largest absolute Gasteiger partial charge is 0.390 e. The molecule has 2 nitrogen and oxygen atoms in total. The number of piperidine rings is 1. The van der Waals surface area contributed by atoms with Crippen LogP contribution in [0.3, 0.4) is 0 Å². The van der Waals surface area contributed by atoms with E-state index in [0.717, 1.165) is 18.8 Å². The first-order chi connectivity index (χ1) is 6.28. The van der Waals surface area contributed by atoms with Gasteiger partial charge in [-0.15, -0.1) is 0 Å². The lowest BCUT2D eigenvalue weighted by Gasteiger charge is -2.45. The van der Waals surface area contributed by atoms with Crippen LogP contribution in [0.1, 0.15) is 38.5 Å². The average molecular weight is 181 g/mol. The molecular weight excluding hydrogens is 162 g/mol. The summed E-state index contributed by atoms with van der Waals surface area (Å²) in [7, 11) is 0. The highest BCUT2D eigenvalue weighted by molar-refractivity contribution is 5.05. The third-order valence-electron chi connectivity index (χ3n) is 4.49. The minimum Gasteiger partial charge on any atom is -0.390 e. The number of nitrogens with one attached hydrogen (secondary N) is 1. The molecule has 2 saturated carbocycles. The van der Waals surface area contributed by atoms with E-state index < -0.39 is 0 Å². The van der Waals surface area contributed by atoms with Gasteiger partial charge in [0.05, 0.1) is 5.60 Å². The first-order valence-corrected chi connectivity index (χ1v) is 5.74. The quantitative estimate of drug-likeness (QED) is 0.590. The van der Waals surface area contributed by atoms with Gasteiger partial charge in [-0.2, -0.15) is 0 Å². The molecule has 0 aromatic heterocycles. The molecule has 3 rings (SSSR count). The summed E-state index contributed by atoms with van der Waals surface area (Å²) < 4.78 is 0. The van der Waals surface area contributed by atoms with Crippen LogP contribution in [0.15, 0.2) is 0 Å². The Hall–Kier alpha value is -0.0800. The molecule has 3 fully saturated rings. The number of fused-ring (bicyclic) bond motifs is 4. The topological polar surface area (TPSA) is 32.3 Å². The molecule has 0 aromatic rings. The van der Waals surface area contributed by atoms with E-state index in [1.54, 1.807) is 0 Å². The smallest absolute Gasteiger partial charge is 0.0693 e. The van der Waals surface area contributed by atoms with E-state index >= 15 is 0 Å². The molecule has 74 valence electrons. The van der Waals surface area contributed by atoms with Crippen LogP contribution in [-0.4, -0.2) is 23.3 Å². The van der Waals surface area contributed by atoms with E-state index in [-0.39, 0.29) is 5.60 Å². The van der Waals surface area contributed by atoms with Gasteiger partial charge in [0.2, 0.25) is 0 Å². The predicted molar refractivity (Wildman–Crippen MR) is 51.4 cm³/mol. The van der Waals surface area contributed by atoms with Crippen molar-refractivity contribution in [2.45, 2.75) is 50.2 Å². The van der Waals surface area contributed by atoms with Gasteiger partial charge < -0.3 is 10.4 Å². The van der Waals surface area contributed by atoms with Crippen molar-refractivity contribution < 1.29 is 5.11 Å². The zero-order valence-electron chi connectivity index (χ0n) is 8.13. The number of rotatable bonds is 0. The van der Waals surface area contributed by atoms with Crippen molar-refractivity contribution in [1.82, 2.24) is 5.32 Å². The van der Waals surface area contributed by atoms with Crippen LogP contribution < -0.4 is 5.32 Å². The Morgan fingerprint density at radius 1 is 1.31 bits per heavy atom. The van der Waals surface area contributed by atoms with Crippen LogP contribution >= 0.6 is 0 Å². The van der Waals surface area contributed by atoms with E-state index in [1.165, 1.54) is 32.2 Å². The predicted octanol–water partition coefficient (Wildman–Crippen LogP) is 1.29. The third-order valence-corrected chi connectivity index (χ3v) is 4.49. The maximum Gasteiger partial charge on any atom is 0.0693 e. The molecule has 0 unspecified atom stereocenters. The minimum atomic E-state index is -0.277. The molecule has 1 heterocycles. The molecule has 0 spiro atoms. The molecule has 2 bridgehead atoms. The molecule has 2 N–H and O–H groups in total. The first kappa shape index (κ1) is 8.25. The second-order valence-corrected chi connectivity index (χ2v) is 5.26. The Kier molecular flexibility index (Phi) is 1.72. The highest BCUT2D eigenvalue weighted by atomic mass is 16.3. The summed E-state index contributed by atoms with van der Waals surface area (Å²) in [5, 5.41) is 14.1. The maximum atomic E-state index is 10.5. The Morgan fingerprint density at radius 2 is 2.23 bits per heavy atom. The molecular formula is C11H19NO. The van der Waals surface area contributed by atoms with E-state index in [0.29, 0.717) is 12.0 Å². The summed E-state index contributed by atoms with van der Waals surface area (Å²) >= 11 is 0. The molecule has 3 aliphatic rings. The molecule has 13 heavy (non-hydrogen) atoms. The van der Waals surface area contributed by atoms with Gasteiger partial charge in [-0.05, 0) is 51.0 Å². The second-order valence-electron chi connectivity index (χ2n) is 5.26. The lowest BCUT2D eigenvalue weighted by Crippen LogP contribution is -2.54. The van der Waals surface area contributed by atoms with Gasteiger partial charge in [0, 0.05) is 12.0 Å². The SMILES string of the molecule is O[C@@]12CC[C@@H](C[C@H]3NCCC[C@H]31)C2. The minimum absolute atomic E-state index is 0.277. The second kappa shape index (κ2) is 2.71. The van der Waals surface area contributed by atoms with Crippen LogP contribution in [0.5, 0.6) is 0 Å². The molecule has 2 heteroatoms. The van der Waals surface area contributed by atoms with Gasteiger partial charge in [0.15, 0.2) is 0 Å². The van der Waals surface area contributed by atoms with Gasteiger partial charge in [-0.3, -0.25) is 0 Å². The van der Waals surface area contributed by atoms with E-state index in [1.807, 2.05) is 0 Å². The molecule has 0 aromatic carbocycles. The van der Waals surface area contributed by atoms with E-state index in [4.69, 9.17) is 0 Å². The van der Waals surface area contributed by atoms with Crippen molar-refractivity contribution in [3.8, 4) is 0 Å². The number of hydrogen-bond donors (Lipinski definition) is 2. The van der Waals surface area contributed by atoms with Crippen molar-refractivity contribution in [3.05, 3.63) is 0 Å². The van der Waals surface area contributed by atoms with Crippen LogP contribution in [0.4, 0.5) is 0 Å². The highest BCUT2D eigenvalue weighted by Crippen LogP contribution is 2.50. The Morgan fingerprint density at radius 3 is 3.15 bits per heavy atom. The molecule has 0 radical (unpaired) electrons. The lowest BCUT2D eigenvalue weighted by atomic mass is 9.70. The van der Waals surface area contributed by atoms with Crippen LogP contribution in [0.2, 0.25) is 0 Å². The normalized spacial score (nSPS) is 54.7. The van der Waals surface area contributed by atoms with Crippen LogP contribution in [0.25, 0.3) is 0 Å². The fraction of sp³-hybridized carbons (Fsp3) is 1.00. The van der Waals surface area contributed by atoms with Crippen LogP contribution in [0, 0.1) is 11.8 Å². The summed E-state index contributed by atoms with van der Waals surface area (Å²) in [4.78, 5) is 0. The molecule has 0 amide bonds. The van der Waals surface area contributed by atoms with Gasteiger partial charge in [-0.1, -0.05) is 0 Å². The van der Waals surface area contributed by atoms with Crippen molar-refractivity contribution in [2.24, 2.45) is 11.8 Å². The van der Waals surface area contributed by atoms with Gasteiger partial charge in [0.1, 0.15) is 0 Å². The summed E-state index contributed by atoms with van der Waals surface area (Å²) in [6, 6.07) is 0.639. The van der Waals surface area contributed by atoms with Crippen molar-refractivity contribution in [1.29, 1.82) is 0 Å².